The van der Waals surface area contributed by atoms with Crippen molar-refractivity contribution < 1.29 is 4.74 Å². The molecule has 1 aliphatic carbocycles. The number of hydrogen-bond donors (Lipinski definition) is 1. The summed E-state index contributed by atoms with van der Waals surface area (Å²) in [6.07, 6.45) is 11.0. The molecule has 102 valence electrons. The highest BCUT2D eigenvalue weighted by atomic mass is 16.5. The largest absolute Gasteiger partial charge is 0.382 e. The smallest absolute Gasteiger partial charge is 0.0480 e. The second-order valence-electron chi connectivity index (χ2n) is 5.30. The van der Waals surface area contributed by atoms with E-state index in [1.54, 1.807) is 0 Å². The fourth-order valence-corrected chi connectivity index (χ4v) is 2.90. The van der Waals surface area contributed by atoms with E-state index >= 15 is 0 Å². The average Bonchev–Trinajstić information content (AvgIpc) is 2.62. The molecule has 1 saturated carbocycles. The first-order valence-corrected chi connectivity index (χ1v) is 7.69. The standard InChI is InChI=1S/C15H31NO/c1-3-12-16-15(11-13-17-4-2)14-9-7-5-6-8-10-14/h14-16H,3-13H2,1-2H3. The predicted octanol–water partition coefficient (Wildman–Crippen LogP) is 3.75. The summed E-state index contributed by atoms with van der Waals surface area (Å²) >= 11 is 0. The molecule has 0 radical (unpaired) electrons. The van der Waals surface area contributed by atoms with Crippen molar-refractivity contribution in [2.45, 2.75) is 71.3 Å². The van der Waals surface area contributed by atoms with Crippen LogP contribution in [0, 0.1) is 5.92 Å². The lowest BCUT2D eigenvalue weighted by Gasteiger charge is -2.27. The first-order valence-electron chi connectivity index (χ1n) is 7.69. The van der Waals surface area contributed by atoms with Crippen molar-refractivity contribution in [3.8, 4) is 0 Å². The van der Waals surface area contributed by atoms with Crippen molar-refractivity contribution >= 4 is 0 Å². The molecule has 1 aliphatic rings. The van der Waals surface area contributed by atoms with Gasteiger partial charge in [0.25, 0.3) is 0 Å². The van der Waals surface area contributed by atoms with Gasteiger partial charge in [-0.2, -0.15) is 0 Å². The van der Waals surface area contributed by atoms with Gasteiger partial charge in [-0.3, -0.25) is 0 Å². The molecule has 2 nitrogen and oxygen atoms in total. The first-order chi connectivity index (χ1) is 8.38. The van der Waals surface area contributed by atoms with E-state index in [-0.39, 0.29) is 0 Å². The summed E-state index contributed by atoms with van der Waals surface area (Å²) < 4.78 is 5.53. The fraction of sp³-hybridized carbons (Fsp3) is 1.00. The zero-order chi connectivity index (χ0) is 12.3. The van der Waals surface area contributed by atoms with E-state index in [0.29, 0.717) is 6.04 Å². The molecule has 1 N–H and O–H groups in total. The Morgan fingerprint density at radius 3 is 2.41 bits per heavy atom. The maximum Gasteiger partial charge on any atom is 0.0480 e. The average molecular weight is 241 g/mol. The van der Waals surface area contributed by atoms with Crippen LogP contribution in [-0.2, 0) is 4.74 Å². The van der Waals surface area contributed by atoms with Crippen LogP contribution in [0.3, 0.4) is 0 Å². The first kappa shape index (κ1) is 15.0. The molecule has 1 fully saturated rings. The Hall–Kier alpha value is -0.0800. The van der Waals surface area contributed by atoms with Gasteiger partial charge < -0.3 is 10.1 Å². The van der Waals surface area contributed by atoms with Crippen LogP contribution in [0.1, 0.15) is 65.2 Å². The minimum atomic E-state index is 0.694. The lowest BCUT2D eigenvalue weighted by Crippen LogP contribution is -2.37. The number of nitrogens with one attached hydrogen (secondary N) is 1. The second kappa shape index (κ2) is 9.90. The van der Waals surface area contributed by atoms with Crippen LogP contribution in [0.25, 0.3) is 0 Å². The number of ether oxygens (including phenoxy) is 1. The summed E-state index contributed by atoms with van der Waals surface area (Å²) in [5.74, 6) is 0.893. The van der Waals surface area contributed by atoms with E-state index in [4.69, 9.17) is 4.74 Å². The third-order valence-corrected chi connectivity index (χ3v) is 3.90. The quantitative estimate of drug-likeness (QED) is 0.516. The molecule has 0 saturated heterocycles. The van der Waals surface area contributed by atoms with Crippen molar-refractivity contribution in [1.29, 1.82) is 0 Å². The van der Waals surface area contributed by atoms with E-state index in [0.717, 1.165) is 25.7 Å². The zero-order valence-corrected chi connectivity index (χ0v) is 11.8. The lowest BCUT2D eigenvalue weighted by atomic mass is 9.90. The molecular weight excluding hydrogens is 210 g/mol. The van der Waals surface area contributed by atoms with Crippen LogP contribution < -0.4 is 5.32 Å². The van der Waals surface area contributed by atoms with E-state index in [9.17, 15) is 0 Å². The number of hydrogen-bond acceptors (Lipinski definition) is 2. The van der Waals surface area contributed by atoms with Crippen molar-refractivity contribution in [3.05, 3.63) is 0 Å². The van der Waals surface area contributed by atoms with Gasteiger partial charge in [0, 0.05) is 19.3 Å². The van der Waals surface area contributed by atoms with Gasteiger partial charge >= 0.3 is 0 Å². The summed E-state index contributed by atoms with van der Waals surface area (Å²) in [6.45, 7) is 7.27. The van der Waals surface area contributed by atoms with Crippen LogP contribution >= 0.6 is 0 Å². The summed E-state index contributed by atoms with van der Waals surface area (Å²) in [4.78, 5) is 0. The molecule has 0 aromatic carbocycles. The van der Waals surface area contributed by atoms with Gasteiger partial charge in [-0.25, -0.2) is 0 Å². The van der Waals surface area contributed by atoms with Gasteiger partial charge in [-0.15, -0.1) is 0 Å². The maximum absolute atomic E-state index is 5.53. The molecule has 0 aromatic rings. The van der Waals surface area contributed by atoms with Gasteiger partial charge in [0.1, 0.15) is 0 Å². The summed E-state index contributed by atoms with van der Waals surface area (Å²) in [5, 5.41) is 3.75. The third kappa shape index (κ3) is 6.42. The molecule has 0 amide bonds. The van der Waals surface area contributed by atoms with Crippen LogP contribution in [0.2, 0.25) is 0 Å². The Labute approximate surface area is 108 Å². The van der Waals surface area contributed by atoms with Crippen LogP contribution in [-0.4, -0.2) is 25.8 Å². The van der Waals surface area contributed by atoms with Crippen molar-refractivity contribution in [3.63, 3.8) is 0 Å². The molecule has 1 atom stereocenters. The Kier molecular flexibility index (Phi) is 8.72. The maximum atomic E-state index is 5.53. The van der Waals surface area contributed by atoms with Gasteiger partial charge in [0.05, 0.1) is 0 Å². The third-order valence-electron chi connectivity index (χ3n) is 3.90. The minimum Gasteiger partial charge on any atom is -0.382 e. The molecule has 0 aliphatic heterocycles. The van der Waals surface area contributed by atoms with Crippen LogP contribution in [0.5, 0.6) is 0 Å². The van der Waals surface area contributed by atoms with E-state index < -0.39 is 0 Å². The summed E-state index contributed by atoms with van der Waals surface area (Å²) in [6, 6.07) is 0.694. The van der Waals surface area contributed by atoms with Crippen molar-refractivity contribution in [2.24, 2.45) is 5.92 Å². The normalized spacial score (nSPS) is 20.1. The Bertz CT molecular complexity index is 164. The fourth-order valence-electron chi connectivity index (χ4n) is 2.90. The topological polar surface area (TPSA) is 21.3 Å². The van der Waals surface area contributed by atoms with Gasteiger partial charge in [0.2, 0.25) is 0 Å². The van der Waals surface area contributed by atoms with Gasteiger partial charge in [0.15, 0.2) is 0 Å². The molecule has 1 rings (SSSR count). The summed E-state index contributed by atoms with van der Waals surface area (Å²) in [7, 11) is 0. The van der Waals surface area contributed by atoms with E-state index in [1.807, 2.05) is 0 Å². The second-order valence-corrected chi connectivity index (χ2v) is 5.30. The van der Waals surface area contributed by atoms with Crippen molar-refractivity contribution in [2.75, 3.05) is 19.8 Å². The Morgan fingerprint density at radius 1 is 1.12 bits per heavy atom. The monoisotopic (exact) mass is 241 g/mol. The van der Waals surface area contributed by atoms with Crippen LogP contribution in [0.4, 0.5) is 0 Å². The predicted molar refractivity (Wildman–Crippen MR) is 74.4 cm³/mol. The molecule has 0 bridgehead atoms. The minimum absolute atomic E-state index is 0.694. The van der Waals surface area contributed by atoms with E-state index in [1.165, 1.54) is 51.4 Å². The molecule has 17 heavy (non-hydrogen) atoms. The molecule has 2 heteroatoms. The Balaban J connectivity index is 2.35. The molecule has 0 heterocycles. The lowest BCUT2D eigenvalue weighted by molar-refractivity contribution is 0.126. The zero-order valence-electron chi connectivity index (χ0n) is 11.8. The molecule has 0 aromatic heterocycles. The number of rotatable bonds is 8. The SMILES string of the molecule is CCCNC(CCOCC)C1CCCCCC1. The highest BCUT2D eigenvalue weighted by Crippen LogP contribution is 2.26. The molecule has 1 unspecified atom stereocenters. The van der Waals surface area contributed by atoms with Gasteiger partial charge in [-0.05, 0) is 45.1 Å². The van der Waals surface area contributed by atoms with Crippen molar-refractivity contribution in [1.82, 2.24) is 5.32 Å². The highest BCUT2D eigenvalue weighted by Gasteiger charge is 2.21. The summed E-state index contributed by atoms with van der Waals surface area (Å²) in [5.41, 5.74) is 0. The Morgan fingerprint density at radius 2 is 1.82 bits per heavy atom. The molecular formula is C15H31NO. The molecule has 0 spiro atoms. The highest BCUT2D eigenvalue weighted by molar-refractivity contribution is 4.78. The van der Waals surface area contributed by atoms with Crippen LogP contribution in [0.15, 0.2) is 0 Å². The van der Waals surface area contributed by atoms with E-state index in [2.05, 4.69) is 19.2 Å². The van der Waals surface area contributed by atoms with Gasteiger partial charge in [-0.1, -0.05) is 32.6 Å².